The molecule has 1 aromatic heterocycles. The Morgan fingerprint density at radius 3 is 2.04 bits per heavy atom. The first kappa shape index (κ1) is 18.1. The number of thioether (sulfide) groups is 1. The largest absolute Gasteiger partial charge is 0.492 e. The van der Waals surface area contributed by atoms with Crippen LogP contribution in [0.25, 0.3) is 17.1 Å². The normalized spacial score (nSPS) is 10.7. The fraction of sp³-hybridized carbons (Fsp3) is 0.0435. The molecule has 1 heterocycles. The first-order chi connectivity index (χ1) is 13.7. The first-order valence-corrected chi connectivity index (χ1v) is 9.86. The zero-order valence-corrected chi connectivity index (χ0v) is 15.8. The van der Waals surface area contributed by atoms with E-state index in [1.165, 1.54) is 11.8 Å². The van der Waals surface area contributed by atoms with Crippen LogP contribution in [0.15, 0.2) is 101 Å². The van der Waals surface area contributed by atoms with Gasteiger partial charge in [0, 0.05) is 11.3 Å². The van der Waals surface area contributed by atoms with Crippen LogP contribution in [0.5, 0.6) is 5.88 Å². The maximum Gasteiger partial charge on any atom is 0.276 e. The van der Waals surface area contributed by atoms with Crippen molar-refractivity contribution >= 4 is 11.8 Å². The molecular weight excluding hydrogens is 368 g/mol. The number of hydrogen-bond donors (Lipinski definition) is 1. The second kappa shape index (κ2) is 8.15. The summed E-state index contributed by atoms with van der Waals surface area (Å²) in [5.74, 6) is 0.750. The van der Waals surface area contributed by atoms with E-state index in [4.69, 9.17) is 0 Å². The van der Waals surface area contributed by atoms with Crippen LogP contribution in [-0.2, 0) is 5.75 Å². The molecule has 3 aromatic carbocycles. The van der Waals surface area contributed by atoms with Gasteiger partial charge in [-0.05, 0) is 17.7 Å². The van der Waals surface area contributed by atoms with Crippen molar-refractivity contribution in [1.82, 2.24) is 9.55 Å². The molecule has 0 atom stereocenters. The lowest BCUT2D eigenvalue weighted by Crippen LogP contribution is -2.23. The van der Waals surface area contributed by atoms with Crippen LogP contribution < -0.4 is 5.56 Å². The van der Waals surface area contributed by atoms with E-state index in [2.05, 4.69) is 4.98 Å². The molecule has 4 nitrogen and oxygen atoms in total. The molecule has 0 radical (unpaired) electrons. The summed E-state index contributed by atoms with van der Waals surface area (Å²) in [6.45, 7) is 0. The lowest BCUT2D eigenvalue weighted by molar-refractivity contribution is 0.435. The van der Waals surface area contributed by atoms with Crippen molar-refractivity contribution in [3.63, 3.8) is 0 Å². The van der Waals surface area contributed by atoms with Crippen molar-refractivity contribution in [3.8, 4) is 23.0 Å². The molecule has 1 N–H and O–H groups in total. The van der Waals surface area contributed by atoms with Gasteiger partial charge in [-0.1, -0.05) is 78.9 Å². The van der Waals surface area contributed by atoms with Crippen LogP contribution in [0.1, 0.15) is 5.56 Å². The maximum atomic E-state index is 13.3. The number of rotatable bonds is 5. The lowest BCUT2D eigenvalue weighted by Gasteiger charge is -2.15. The Bertz CT molecular complexity index is 1130. The number of para-hydroxylation sites is 1. The average Bonchev–Trinajstić information content (AvgIpc) is 2.75. The second-order valence-corrected chi connectivity index (χ2v) is 7.19. The zero-order chi connectivity index (χ0) is 19.3. The Balaban J connectivity index is 1.84. The Kier molecular flexibility index (Phi) is 5.26. The summed E-state index contributed by atoms with van der Waals surface area (Å²) in [6.07, 6.45) is 0. The third-order valence-corrected chi connectivity index (χ3v) is 5.42. The Morgan fingerprint density at radius 1 is 0.821 bits per heavy atom. The van der Waals surface area contributed by atoms with Crippen LogP contribution in [-0.4, -0.2) is 14.7 Å². The van der Waals surface area contributed by atoms with Crippen molar-refractivity contribution in [1.29, 1.82) is 0 Å². The van der Waals surface area contributed by atoms with Gasteiger partial charge in [0.15, 0.2) is 5.82 Å². The van der Waals surface area contributed by atoms with Gasteiger partial charge in [0.05, 0.1) is 5.69 Å². The molecule has 0 amide bonds. The highest BCUT2D eigenvalue weighted by atomic mass is 32.2. The topological polar surface area (TPSA) is 55.1 Å². The highest BCUT2D eigenvalue weighted by molar-refractivity contribution is 7.98. The molecule has 0 bridgehead atoms. The lowest BCUT2D eigenvalue weighted by atomic mass is 10.2. The Hall–Kier alpha value is -3.31. The van der Waals surface area contributed by atoms with Crippen LogP contribution in [0.3, 0.4) is 0 Å². The molecule has 0 unspecified atom stereocenters. The SMILES string of the molecule is O=c1c(SCc2ccccc2)c(O)nc(-c2ccccc2)n1-c1ccccc1. The van der Waals surface area contributed by atoms with E-state index in [0.29, 0.717) is 17.3 Å². The number of benzene rings is 3. The fourth-order valence-corrected chi connectivity index (χ4v) is 3.84. The summed E-state index contributed by atoms with van der Waals surface area (Å²) in [5.41, 5.74) is 2.27. The minimum absolute atomic E-state index is 0.239. The first-order valence-electron chi connectivity index (χ1n) is 8.87. The van der Waals surface area contributed by atoms with Crippen LogP contribution in [0.2, 0.25) is 0 Å². The fourth-order valence-electron chi connectivity index (χ4n) is 2.95. The van der Waals surface area contributed by atoms with Gasteiger partial charge in [-0.3, -0.25) is 9.36 Å². The quantitative estimate of drug-likeness (QED) is 0.496. The van der Waals surface area contributed by atoms with Crippen molar-refractivity contribution in [2.75, 3.05) is 0 Å². The van der Waals surface area contributed by atoms with Crippen LogP contribution in [0, 0.1) is 0 Å². The zero-order valence-electron chi connectivity index (χ0n) is 15.0. The third kappa shape index (κ3) is 3.70. The van der Waals surface area contributed by atoms with E-state index in [-0.39, 0.29) is 16.3 Å². The molecule has 138 valence electrons. The Morgan fingerprint density at radius 2 is 1.39 bits per heavy atom. The predicted molar refractivity (Wildman–Crippen MR) is 113 cm³/mol. The summed E-state index contributed by atoms with van der Waals surface area (Å²) >= 11 is 1.29. The van der Waals surface area contributed by atoms with Gasteiger partial charge in [0.1, 0.15) is 4.90 Å². The van der Waals surface area contributed by atoms with E-state index in [1.807, 2.05) is 91.0 Å². The van der Waals surface area contributed by atoms with Crippen molar-refractivity contribution < 1.29 is 5.11 Å². The monoisotopic (exact) mass is 386 g/mol. The molecular formula is C23H18N2O2S. The minimum Gasteiger partial charge on any atom is -0.492 e. The molecule has 0 fully saturated rings. The summed E-state index contributed by atoms with van der Waals surface area (Å²) in [6, 6.07) is 28.6. The molecule has 28 heavy (non-hydrogen) atoms. The number of aromatic hydroxyl groups is 1. The van der Waals surface area contributed by atoms with Gasteiger partial charge in [-0.25, -0.2) is 0 Å². The summed E-state index contributed by atoms with van der Waals surface area (Å²) < 4.78 is 1.56. The molecule has 0 spiro atoms. The molecule has 0 aliphatic heterocycles. The average molecular weight is 386 g/mol. The Labute approximate surface area is 167 Å². The number of aromatic nitrogens is 2. The standard InChI is InChI=1S/C23H18N2O2S/c26-22-20(28-16-17-10-4-1-5-11-17)23(27)25(19-14-8-3-9-15-19)21(24-22)18-12-6-2-7-13-18/h1-15,26H,16H2. The van der Waals surface area contributed by atoms with Crippen molar-refractivity contribution in [2.45, 2.75) is 10.6 Å². The van der Waals surface area contributed by atoms with Crippen molar-refractivity contribution in [2.24, 2.45) is 0 Å². The van der Waals surface area contributed by atoms with E-state index in [0.717, 1.165) is 11.1 Å². The second-order valence-electron chi connectivity index (χ2n) is 6.20. The highest BCUT2D eigenvalue weighted by Gasteiger charge is 2.19. The van der Waals surface area contributed by atoms with Gasteiger partial charge < -0.3 is 5.11 Å². The molecule has 4 aromatic rings. The smallest absolute Gasteiger partial charge is 0.276 e. The van der Waals surface area contributed by atoms with Gasteiger partial charge >= 0.3 is 0 Å². The van der Waals surface area contributed by atoms with Gasteiger partial charge in [0.25, 0.3) is 5.56 Å². The molecule has 0 aliphatic rings. The number of hydrogen-bond acceptors (Lipinski definition) is 4. The molecule has 4 rings (SSSR count). The van der Waals surface area contributed by atoms with Crippen LogP contribution >= 0.6 is 11.8 Å². The third-order valence-electron chi connectivity index (χ3n) is 4.30. The number of nitrogens with zero attached hydrogens (tertiary/aromatic N) is 2. The van der Waals surface area contributed by atoms with Gasteiger partial charge in [-0.2, -0.15) is 4.98 Å². The molecule has 0 saturated carbocycles. The van der Waals surface area contributed by atoms with Crippen molar-refractivity contribution in [3.05, 3.63) is 107 Å². The van der Waals surface area contributed by atoms with E-state index in [9.17, 15) is 9.90 Å². The molecule has 0 aliphatic carbocycles. The van der Waals surface area contributed by atoms with E-state index < -0.39 is 0 Å². The summed E-state index contributed by atoms with van der Waals surface area (Å²) in [4.78, 5) is 18.0. The summed E-state index contributed by atoms with van der Waals surface area (Å²) in [5, 5.41) is 10.5. The van der Waals surface area contributed by atoms with E-state index in [1.54, 1.807) is 4.57 Å². The van der Waals surface area contributed by atoms with Crippen LogP contribution in [0.4, 0.5) is 0 Å². The molecule has 0 saturated heterocycles. The predicted octanol–water partition coefficient (Wildman–Crippen LogP) is 4.90. The molecule has 5 heteroatoms. The minimum atomic E-state index is -0.279. The van der Waals surface area contributed by atoms with Gasteiger partial charge in [-0.15, -0.1) is 11.8 Å². The van der Waals surface area contributed by atoms with Gasteiger partial charge in [0.2, 0.25) is 5.88 Å². The highest BCUT2D eigenvalue weighted by Crippen LogP contribution is 2.30. The summed E-state index contributed by atoms with van der Waals surface area (Å²) in [7, 11) is 0. The maximum absolute atomic E-state index is 13.3. The van der Waals surface area contributed by atoms with E-state index >= 15 is 0 Å².